The Labute approximate surface area is 141 Å². The number of halogens is 1. The Morgan fingerprint density at radius 3 is 2.70 bits per heavy atom. The highest BCUT2D eigenvalue weighted by molar-refractivity contribution is 5.95. The molecular weight excluding hydrogens is 322 g/mol. The van der Waals surface area contributed by atoms with E-state index in [4.69, 9.17) is 20.9 Å². The van der Waals surface area contributed by atoms with E-state index >= 15 is 0 Å². The second-order valence-corrected chi connectivity index (χ2v) is 5.11. The molecule has 0 aliphatic carbocycles. The van der Waals surface area contributed by atoms with Gasteiger partial charge in [0.15, 0.2) is 0 Å². The second kappa shape index (κ2) is 9.34. The zero-order chi connectivity index (χ0) is 15.9. The second-order valence-electron chi connectivity index (χ2n) is 5.11. The molecule has 0 bridgehead atoms. The average molecular weight is 344 g/mol. The summed E-state index contributed by atoms with van der Waals surface area (Å²) in [5.41, 5.74) is 11.1. The van der Waals surface area contributed by atoms with Crippen LogP contribution in [0.2, 0.25) is 0 Å². The Hall–Kier alpha value is -1.83. The van der Waals surface area contributed by atoms with E-state index in [1.165, 1.54) is 0 Å². The first kappa shape index (κ1) is 19.2. The SMILES string of the molecule is Cl.NC[C@H]1CC[C@@H](C(=O)Nc2ccccc2OCCC(N)=O)O1. The molecule has 2 amide bonds. The summed E-state index contributed by atoms with van der Waals surface area (Å²) < 4.78 is 11.0. The number of ether oxygens (including phenoxy) is 2. The van der Waals surface area contributed by atoms with E-state index in [9.17, 15) is 9.59 Å². The van der Waals surface area contributed by atoms with Gasteiger partial charge in [0, 0.05) is 6.54 Å². The van der Waals surface area contributed by atoms with Gasteiger partial charge in [0.2, 0.25) is 5.91 Å². The number of amides is 2. The fraction of sp³-hybridized carbons (Fsp3) is 0.467. The minimum atomic E-state index is -0.493. The van der Waals surface area contributed by atoms with Gasteiger partial charge in [0.1, 0.15) is 11.9 Å². The molecule has 5 N–H and O–H groups in total. The number of hydrogen-bond acceptors (Lipinski definition) is 5. The summed E-state index contributed by atoms with van der Waals surface area (Å²) in [6.45, 7) is 0.577. The number of nitrogens with one attached hydrogen (secondary N) is 1. The van der Waals surface area contributed by atoms with Gasteiger partial charge in [0.25, 0.3) is 5.91 Å². The number of para-hydroxylation sites is 2. The van der Waals surface area contributed by atoms with Gasteiger partial charge in [-0.25, -0.2) is 0 Å². The van der Waals surface area contributed by atoms with Crippen LogP contribution in [0, 0.1) is 0 Å². The highest BCUT2D eigenvalue weighted by Crippen LogP contribution is 2.26. The summed E-state index contributed by atoms with van der Waals surface area (Å²) in [5, 5.41) is 2.79. The van der Waals surface area contributed by atoms with Crippen LogP contribution in [-0.2, 0) is 14.3 Å². The van der Waals surface area contributed by atoms with E-state index in [0.717, 1.165) is 6.42 Å². The molecule has 1 aliphatic rings. The van der Waals surface area contributed by atoms with Crippen LogP contribution in [0.1, 0.15) is 19.3 Å². The van der Waals surface area contributed by atoms with Crippen LogP contribution in [0.25, 0.3) is 0 Å². The molecule has 1 aromatic rings. The number of primary amides is 1. The summed E-state index contributed by atoms with van der Waals surface area (Å²) in [6.07, 6.45) is 1.00. The smallest absolute Gasteiger partial charge is 0.253 e. The van der Waals surface area contributed by atoms with Crippen molar-refractivity contribution in [2.75, 3.05) is 18.5 Å². The molecule has 1 saturated heterocycles. The normalized spacial score (nSPS) is 19.7. The third kappa shape index (κ3) is 5.70. The van der Waals surface area contributed by atoms with E-state index in [1.54, 1.807) is 24.3 Å². The number of anilines is 1. The largest absolute Gasteiger partial charge is 0.491 e. The predicted molar refractivity (Wildman–Crippen MR) is 88.6 cm³/mol. The number of carbonyl (C=O) groups excluding carboxylic acids is 2. The number of benzene rings is 1. The van der Waals surface area contributed by atoms with Crippen molar-refractivity contribution in [2.24, 2.45) is 11.5 Å². The van der Waals surface area contributed by atoms with Crippen molar-refractivity contribution in [1.82, 2.24) is 0 Å². The van der Waals surface area contributed by atoms with Gasteiger partial charge in [0.05, 0.1) is 24.8 Å². The summed E-state index contributed by atoms with van der Waals surface area (Å²) in [7, 11) is 0. The molecule has 1 aliphatic heterocycles. The molecule has 128 valence electrons. The number of nitrogens with two attached hydrogens (primary N) is 2. The van der Waals surface area contributed by atoms with Gasteiger partial charge in [-0.15, -0.1) is 12.4 Å². The maximum atomic E-state index is 12.2. The van der Waals surface area contributed by atoms with Gasteiger partial charge in [-0.05, 0) is 25.0 Å². The lowest BCUT2D eigenvalue weighted by molar-refractivity contribution is -0.126. The van der Waals surface area contributed by atoms with Crippen molar-refractivity contribution in [3.8, 4) is 5.75 Å². The minimum absolute atomic E-state index is 0. The molecule has 0 radical (unpaired) electrons. The Morgan fingerprint density at radius 1 is 1.30 bits per heavy atom. The van der Waals surface area contributed by atoms with E-state index in [1.807, 2.05) is 0 Å². The van der Waals surface area contributed by atoms with Gasteiger partial charge in [-0.2, -0.15) is 0 Å². The van der Waals surface area contributed by atoms with Gasteiger partial charge >= 0.3 is 0 Å². The predicted octanol–water partition coefficient (Wildman–Crippen LogP) is 0.807. The van der Waals surface area contributed by atoms with Crippen LogP contribution < -0.4 is 21.5 Å². The molecule has 0 spiro atoms. The maximum Gasteiger partial charge on any atom is 0.253 e. The van der Waals surface area contributed by atoms with Gasteiger partial charge < -0.3 is 26.3 Å². The lowest BCUT2D eigenvalue weighted by Gasteiger charge is -2.15. The van der Waals surface area contributed by atoms with Gasteiger partial charge in [-0.1, -0.05) is 12.1 Å². The molecule has 1 aromatic carbocycles. The lowest BCUT2D eigenvalue weighted by atomic mass is 10.2. The zero-order valence-corrected chi connectivity index (χ0v) is 13.5. The first-order chi connectivity index (χ1) is 10.6. The van der Waals surface area contributed by atoms with Crippen LogP contribution >= 0.6 is 12.4 Å². The van der Waals surface area contributed by atoms with Crippen LogP contribution in [0.4, 0.5) is 5.69 Å². The fourth-order valence-corrected chi connectivity index (χ4v) is 2.24. The van der Waals surface area contributed by atoms with Crippen molar-refractivity contribution < 1.29 is 19.1 Å². The summed E-state index contributed by atoms with van der Waals surface area (Å²) in [4.78, 5) is 22.9. The summed E-state index contributed by atoms with van der Waals surface area (Å²) in [5.74, 6) is -0.166. The third-order valence-electron chi connectivity index (χ3n) is 3.41. The van der Waals surface area contributed by atoms with Gasteiger partial charge in [-0.3, -0.25) is 9.59 Å². The van der Waals surface area contributed by atoms with Crippen molar-refractivity contribution in [3.63, 3.8) is 0 Å². The molecular formula is C15H22ClN3O4. The first-order valence-electron chi connectivity index (χ1n) is 7.26. The fourth-order valence-electron chi connectivity index (χ4n) is 2.24. The van der Waals surface area contributed by atoms with Crippen LogP contribution in [0.5, 0.6) is 5.75 Å². The minimum Gasteiger partial charge on any atom is -0.491 e. The van der Waals surface area contributed by atoms with Crippen LogP contribution in [0.3, 0.4) is 0 Å². The standard InChI is InChI=1S/C15H21N3O4.ClH/c16-9-10-5-6-13(22-10)15(20)18-11-3-1-2-4-12(11)21-8-7-14(17)19;/h1-4,10,13H,5-9,16H2,(H2,17,19)(H,18,20);1H/t10-,13+;/m1./s1. The van der Waals surface area contributed by atoms with E-state index in [0.29, 0.717) is 24.4 Å². The molecule has 0 unspecified atom stereocenters. The number of hydrogen-bond donors (Lipinski definition) is 3. The first-order valence-corrected chi connectivity index (χ1v) is 7.26. The van der Waals surface area contributed by atoms with E-state index < -0.39 is 12.0 Å². The topological polar surface area (TPSA) is 117 Å². The molecule has 23 heavy (non-hydrogen) atoms. The van der Waals surface area contributed by atoms with E-state index in [-0.39, 0.29) is 37.4 Å². The highest BCUT2D eigenvalue weighted by atomic mass is 35.5. The summed E-state index contributed by atoms with van der Waals surface area (Å²) in [6, 6.07) is 7.02. The quantitative estimate of drug-likeness (QED) is 0.677. The van der Waals surface area contributed by atoms with Crippen molar-refractivity contribution in [1.29, 1.82) is 0 Å². The maximum absolute atomic E-state index is 12.2. The molecule has 2 rings (SSSR count). The number of carbonyl (C=O) groups is 2. The Kier molecular flexibility index (Phi) is 7.80. The van der Waals surface area contributed by atoms with E-state index in [2.05, 4.69) is 5.32 Å². The Balaban J connectivity index is 0.00000264. The molecule has 2 atom stereocenters. The highest BCUT2D eigenvalue weighted by Gasteiger charge is 2.30. The Bertz CT molecular complexity index is 541. The average Bonchev–Trinajstić information content (AvgIpc) is 2.98. The molecule has 8 heteroatoms. The molecule has 1 fully saturated rings. The lowest BCUT2D eigenvalue weighted by Crippen LogP contribution is -2.30. The summed E-state index contributed by atoms with van der Waals surface area (Å²) >= 11 is 0. The molecule has 7 nitrogen and oxygen atoms in total. The third-order valence-corrected chi connectivity index (χ3v) is 3.41. The molecule has 1 heterocycles. The number of rotatable bonds is 7. The molecule has 0 saturated carbocycles. The zero-order valence-electron chi connectivity index (χ0n) is 12.7. The van der Waals surface area contributed by atoms with Crippen molar-refractivity contribution >= 4 is 29.9 Å². The molecule has 0 aromatic heterocycles. The van der Waals surface area contributed by atoms with Crippen LogP contribution in [-0.4, -0.2) is 37.2 Å². The van der Waals surface area contributed by atoms with Crippen molar-refractivity contribution in [3.05, 3.63) is 24.3 Å². The van der Waals surface area contributed by atoms with Crippen molar-refractivity contribution in [2.45, 2.75) is 31.5 Å². The van der Waals surface area contributed by atoms with Crippen LogP contribution in [0.15, 0.2) is 24.3 Å². The Morgan fingerprint density at radius 2 is 2.04 bits per heavy atom. The monoisotopic (exact) mass is 343 g/mol.